The van der Waals surface area contributed by atoms with Gasteiger partial charge in [0.2, 0.25) is 11.6 Å². The number of carbonyl (C=O) groups is 1. The largest absolute Gasteiger partial charge is 0.459 e. The van der Waals surface area contributed by atoms with Crippen molar-refractivity contribution in [3.05, 3.63) is 80.1 Å². The number of H-pyrrole nitrogens is 1. The lowest BCUT2D eigenvalue weighted by molar-refractivity contribution is -0.359. The number of aromatic nitrogens is 1. The lowest BCUT2D eigenvalue weighted by Gasteiger charge is -2.14. The van der Waals surface area contributed by atoms with E-state index in [0.29, 0.717) is 34.3 Å². The third kappa shape index (κ3) is 6.38. The van der Waals surface area contributed by atoms with Crippen molar-refractivity contribution in [2.45, 2.75) is 43.8 Å². The summed E-state index contributed by atoms with van der Waals surface area (Å²) < 4.78 is 0. The highest BCUT2D eigenvalue weighted by Crippen LogP contribution is 2.35. The van der Waals surface area contributed by atoms with E-state index < -0.39 is 0 Å². The predicted molar refractivity (Wildman–Crippen MR) is 161 cm³/mol. The summed E-state index contributed by atoms with van der Waals surface area (Å²) in [6, 6.07) is 11.6. The zero-order chi connectivity index (χ0) is 27.5. The molecule has 0 aliphatic carbocycles. The van der Waals surface area contributed by atoms with Crippen LogP contribution in [0.3, 0.4) is 0 Å². The molecule has 1 saturated heterocycles. The van der Waals surface area contributed by atoms with Crippen molar-refractivity contribution in [1.82, 2.24) is 15.2 Å². The summed E-state index contributed by atoms with van der Waals surface area (Å²) in [5.41, 5.74) is 7.20. The Bertz CT molecular complexity index is 1440. The number of carbonyl (C=O) groups excluding carboxylic acids is 1. The molecule has 0 radical (unpaired) electrons. The maximum absolute atomic E-state index is 12.7. The van der Waals surface area contributed by atoms with Gasteiger partial charge >= 0.3 is 5.90 Å². The number of nitrogens with one attached hydrogen (secondary N) is 3. The van der Waals surface area contributed by atoms with E-state index in [1.807, 2.05) is 50.3 Å². The second-order valence-corrected chi connectivity index (χ2v) is 11.9. The number of benzene rings is 2. The van der Waals surface area contributed by atoms with Gasteiger partial charge < -0.3 is 20.3 Å². The Hall–Kier alpha value is -2.71. The molecule has 1 amide bonds. The molecule has 0 unspecified atom stereocenters. The fourth-order valence-electron chi connectivity index (χ4n) is 5.19. The highest BCUT2D eigenvalue weighted by Gasteiger charge is 2.29. The van der Waals surface area contributed by atoms with Crippen molar-refractivity contribution in [1.29, 1.82) is 0 Å². The number of likely N-dealkylation sites (tertiary alicyclic amines) is 1. The molecule has 1 aromatic heterocycles. The first-order chi connectivity index (χ1) is 18.8. The lowest BCUT2D eigenvalue weighted by Crippen LogP contribution is -2.63. The van der Waals surface area contributed by atoms with Crippen molar-refractivity contribution in [2.24, 2.45) is 0 Å². The maximum Gasteiger partial charge on any atom is 0.372 e. The summed E-state index contributed by atoms with van der Waals surface area (Å²) in [6.07, 6.45) is 4.77. The molecule has 4 N–H and O–H groups in total. The number of aliphatic hydroxyl groups excluding tert-OH is 1. The van der Waals surface area contributed by atoms with Gasteiger partial charge in [-0.1, -0.05) is 29.3 Å². The number of thioether (sulfide) groups is 1. The molecule has 0 atom stereocenters. The summed E-state index contributed by atoms with van der Waals surface area (Å²) in [4.78, 5) is 22.6. The van der Waals surface area contributed by atoms with E-state index in [4.69, 9.17) is 23.2 Å². The first-order valence-electron chi connectivity index (χ1n) is 13.2. The van der Waals surface area contributed by atoms with Gasteiger partial charge in [-0.3, -0.25) is 4.79 Å². The predicted octanol–water partition coefficient (Wildman–Crippen LogP) is 5.21. The topological polar surface area (TPSA) is 82.3 Å². The summed E-state index contributed by atoms with van der Waals surface area (Å²) in [5, 5.41) is 15.1. The number of hydrogen-bond acceptors (Lipinski definition) is 3. The van der Waals surface area contributed by atoms with Crippen LogP contribution < -0.4 is 10.3 Å². The minimum atomic E-state index is 0.0289. The highest BCUT2D eigenvalue weighted by atomic mass is 35.5. The van der Waals surface area contributed by atoms with E-state index in [1.54, 1.807) is 11.8 Å². The third-order valence-electron chi connectivity index (χ3n) is 7.44. The molecule has 204 valence electrons. The Balaban J connectivity index is 1.30. The van der Waals surface area contributed by atoms with Crippen LogP contribution >= 0.6 is 35.0 Å². The van der Waals surface area contributed by atoms with Crippen molar-refractivity contribution in [3.63, 3.8) is 0 Å². The van der Waals surface area contributed by atoms with Gasteiger partial charge in [-0.25, -0.2) is 0 Å². The number of fused-ring (bicyclic) bond motifs is 1. The van der Waals surface area contributed by atoms with Crippen molar-refractivity contribution < 1.29 is 14.9 Å². The fraction of sp³-hybridized carbons (Fsp3) is 0.333. The average molecular weight is 585 g/mol. The Morgan fingerprint density at radius 3 is 2.64 bits per heavy atom. The van der Waals surface area contributed by atoms with Gasteiger partial charge in [0.1, 0.15) is 5.57 Å². The molecule has 39 heavy (non-hydrogen) atoms. The molecule has 0 bridgehead atoms. The molecule has 6 nitrogen and oxygen atoms in total. The number of nitrogens with zero attached hydrogens (tertiary/aromatic N) is 1. The van der Waals surface area contributed by atoms with Crippen LogP contribution in [-0.2, 0) is 17.0 Å². The van der Waals surface area contributed by atoms with Crippen LogP contribution in [0.15, 0.2) is 41.3 Å². The number of aryl methyl sites for hydroxylation is 1. The third-order valence-corrected chi connectivity index (χ3v) is 9.17. The number of hydrogen-bond donors (Lipinski definition) is 4. The van der Waals surface area contributed by atoms with Crippen LogP contribution in [0.1, 0.15) is 46.5 Å². The summed E-state index contributed by atoms with van der Waals surface area (Å²) in [6.45, 7) is 7.83. The second kappa shape index (κ2) is 12.2. The maximum atomic E-state index is 12.7. The normalized spacial score (nSPS) is 16.1. The minimum absolute atomic E-state index is 0.0289. The number of rotatable bonds is 9. The zero-order valence-electron chi connectivity index (χ0n) is 22.2. The standard InChI is InChI=1S/C30H32Cl2N4O2S/c1-18-21(16-29(37)33-10-13-36-11-3-4-12-36)19(2)34-28(18)15-23-22-14-20(8-9-27(22)35-30(23)38)39-17-24-25(31)6-5-7-26(24)32/h5-9,14-15,34H,3-4,10-13,16-17H2,1-2H3,(H,33,37)(H,35,38)/p+1/b23-15-. The molecule has 2 aromatic carbocycles. The number of halogens is 2. The molecule has 3 heterocycles. The van der Waals surface area contributed by atoms with Crippen LogP contribution in [-0.4, -0.2) is 53.0 Å². The van der Waals surface area contributed by atoms with Crippen LogP contribution in [0.4, 0.5) is 5.69 Å². The number of aromatic amines is 1. The van der Waals surface area contributed by atoms with Crippen LogP contribution in [0.5, 0.6) is 0 Å². The smallest absolute Gasteiger partial charge is 0.372 e. The van der Waals surface area contributed by atoms with Gasteiger partial charge in [-0.05, 0) is 86.8 Å². The SMILES string of the molecule is Cc1[nH]c(/C=C2\C(O)=[NH+]c3ccc(SCc4c(Cl)cccc4Cl)cc32)c(C)c1CC(=O)NCCN1CCCC1. The van der Waals surface area contributed by atoms with Crippen molar-refractivity contribution in [2.75, 3.05) is 26.2 Å². The Morgan fingerprint density at radius 1 is 1.15 bits per heavy atom. The lowest BCUT2D eigenvalue weighted by atomic mass is 10.0. The molecule has 0 saturated carbocycles. The van der Waals surface area contributed by atoms with E-state index in [0.717, 1.165) is 63.9 Å². The van der Waals surface area contributed by atoms with E-state index in [-0.39, 0.29) is 11.8 Å². The highest BCUT2D eigenvalue weighted by molar-refractivity contribution is 7.98. The van der Waals surface area contributed by atoms with Gasteiger partial charge in [0, 0.05) is 51.2 Å². The number of amides is 1. The van der Waals surface area contributed by atoms with E-state index in [2.05, 4.69) is 26.3 Å². The van der Waals surface area contributed by atoms with E-state index in [9.17, 15) is 9.90 Å². The van der Waals surface area contributed by atoms with Gasteiger partial charge in [0.25, 0.3) is 0 Å². The average Bonchev–Trinajstić information content (AvgIpc) is 3.59. The molecule has 1 fully saturated rings. The second-order valence-electron chi connectivity index (χ2n) is 10.1. The molecule has 5 rings (SSSR count). The zero-order valence-corrected chi connectivity index (χ0v) is 24.5. The van der Waals surface area contributed by atoms with Crippen molar-refractivity contribution >= 4 is 64.1 Å². The molecule has 2 aliphatic rings. The summed E-state index contributed by atoms with van der Waals surface area (Å²) in [5.74, 6) is 0.771. The van der Waals surface area contributed by atoms with Crippen molar-refractivity contribution in [3.8, 4) is 0 Å². The quantitative estimate of drug-likeness (QED) is 0.261. The molecule has 2 aliphatic heterocycles. The first kappa shape index (κ1) is 27.8. The molecule has 9 heteroatoms. The summed E-state index contributed by atoms with van der Waals surface area (Å²) in [7, 11) is 0. The Kier molecular flexibility index (Phi) is 8.72. The van der Waals surface area contributed by atoms with Gasteiger partial charge in [-0.2, -0.15) is 4.99 Å². The number of aliphatic hydroxyl groups is 1. The van der Waals surface area contributed by atoms with Gasteiger partial charge in [0.05, 0.1) is 12.0 Å². The minimum Gasteiger partial charge on any atom is -0.459 e. The van der Waals surface area contributed by atoms with Crippen LogP contribution in [0.2, 0.25) is 10.0 Å². The molecule has 3 aromatic rings. The molecular formula is C30H33Cl2N4O2S+. The van der Waals surface area contributed by atoms with E-state index in [1.165, 1.54) is 12.8 Å². The molecule has 0 spiro atoms. The first-order valence-corrected chi connectivity index (χ1v) is 15.0. The van der Waals surface area contributed by atoms with Gasteiger partial charge in [-0.15, -0.1) is 11.8 Å². The van der Waals surface area contributed by atoms with Crippen LogP contribution in [0.25, 0.3) is 11.6 Å². The Morgan fingerprint density at radius 2 is 1.90 bits per heavy atom. The molecular weight excluding hydrogens is 551 g/mol. The van der Waals surface area contributed by atoms with E-state index >= 15 is 0 Å². The Labute approximate surface area is 243 Å². The van der Waals surface area contributed by atoms with Crippen LogP contribution in [0, 0.1) is 13.8 Å². The fourth-order valence-corrected chi connectivity index (χ4v) is 6.87. The van der Waals surface area contributed by atoms with Gasteiger partial charge in [0.15, 0.2) is 0 Å². The monoisotopic (exact) mass is 583 g/mol. The summed E-state index contributed by atoms with van der Waals surface area (Å²) >= 11 is 14.3.